The van der Waals surface area contributed by atoms with Gasteiger partial charge in [0, 0.05) is 0 Å². The molecule has 2 aliphatic rings. The molecule has 2 fully saturated rings. The molecule has 0 aromatic rings. The second-order valence-corrected chi connectivity index (χ2v) is 5.84. The van der Waals surface area contributed by atoms with Crippen molar-refractivity contribution in [2.24, 2.45) is 0 Å². The minimum Gasteiger partial charge on any atom is -0.388 e. The van der Waals surface area contributed by atoms with Crippen molar-refractivity contribution in [3.8, 4) is 0 Å². The summed E-state index contributed by atoms with van der Waals surface area (Å²) in [4.78, 5) is 0. The molecule has 7 nitrogen and oxygen atoms in total. The molecule has 0 amide bonds. The van der Waals surface area contributed by atoms with Gasteiger partial charge in [0.1, 0.15) is 19.3 Å². The highest BCUT2D eigenvalue weighted by Crippen LogP contribution is 2.24. The Kier molecular flexibility index (Phi) is 5.01. The van der Waals surface area contributed by atoms with Crippen LogP contribution in [0.25, 0.3) is 0 Å². The molecule has 7 heteroatoms. The highest BCUT2D eigenvalue weighted by molar-refractivity contribution is 4.66. The maximum atomic E-state index is 9.79. The van der Waals surface area contributed by atoms with E-state index in [-0.39, 0.29) is 13.2 Å². The monoisotopic (exact) mass is 292 g/mol. The third-order valence-corrected chi connectivity index (χ3v) is 2.91. The fourth-order valence-electron chi connectivity index (χ4n) is 1.96. The van der Waals surface area contributed by atoms with Crippen LogP contribution >= 0.6 is 0 Å². The Morgan fingerprint density at radius 1 is 0.950 bits per heavy atom. The molecule has 1 N–H and O–H groups in total. The fraction of sp³-hybridized carbons (Fsp3) is 1.00. The van der Waals surface area contributed by atoms with Crippen LogP contribution in [-0.4, -0.2) is 61.8 Å². The van der Waals surface area contributed by atoms with E-state index < -0.39 is 30.3 Å². The van der Waals surface area contributed by atoms with Gasteiger partial charge in [0.05, 0.1) is 13.2 Å². The van der Waals surface area contributed by atoms with E-state index in [1.807, 2.05) is 27.7 Å². The van der Waals surface area contributed by atoms with E-state index in [0.29, 0.717) is 13.2 Å². The zero-order valence-corrected chi connectivity index (χ0v) is 12.5. The zero-order chi connectivity index (χ0) is 14.8. The van der Waals surface area contributed by atoms with Crippen molar-refractivity contribution in [1.29, 1.82) is 0 Å². The number of aliphatic hydroxyl groups excluding tert-OH is 1. The third kappa shape index (κ3) is 4.92. The van der Waals surface area contributed by atoms with E-state index in [9.17, 15) is 5.11 Å². The van der Waals surface area contributed by atoms with Crippen LogP contribution in [-0.2, 0) is 28.4 Å². The lowest BCUT2D eigenvalue weighted by atomic mass is 10.4. The van der Waals surface area contributed by atoms with Crippen LogP contribution in [0, 0.1) is 0 Å². The Hall–Kier alpha value is -0.280. The zero-order valence-electron chi connectivity index (χ0n) is 12.5. The van der Waals surface area contributed by atoms with Crippen molar-refractivity contribution in [1.82, 2.24) is 0 Å². The number of aliphatic hydroxyl groups is 1. The van der Waals surface area contributed by atoms with Crippen LogP contribution in [0.2, 0.25) is 0 Å². The first kappa shape index (κ1) is 16.1. The molecule has 0 bridgehead atoms. The Labute approximate surface area is 119 Å². The topological polar surface area (TPSA) is 75.6 Å². The summed E-state index contributed by atoms with van der Waals surface area (Å²) in [5.74, 6) is -1.26. The van der Waals surface area contributed by atoms with Gasteiger partial charge in [-0.1, -0.05) is 0 Å². The van der Waals surface area contributed by atoms with Crippen LogP contribution in [0.1, 0.15) is 27.7 Å². The van der Waals surface area contributed by atoms with Gasteiger partial charge >= 0.3 is 0 Å². The number of hydrogen-bond donors (Lipinski definition) is 1. The van der Waals surface area contributed by atoms with Crippen molar-refractivity contribution >= 4 is 0 Å². The molecular weight excluding hydrogens is 268 g/mol. The summed E-state index contributed by atoms with van der Waals surface area (Å²) in [7, 11) is 0. The Bertz CT molecular complexity index is 288. The maximum Gasteiger partial charge on any atom is 0.184 e. The summed E-state index contributed by atoms with van der Waals surface area (Å²) in [6.45, 7) is 8.19. The van der Waals surface area contributed by atoms with Crippen LogP contribution in [0.15, 0.2) is 0 Å². The van der Waals surface area contributed by atoms with Crippen molar-refractivity contribution in [2.45, 2.75) is 58.0 Å². The average Bonchev–Trinajstić information content (AvgIpc) is 2.86. The average molecular weight is 292 g/mol. The molecule has 0 saturated carbocycles. The quantitative estimate of drug-likeness (QED) is 0.768. The van der Waals surface area contributed by atoms with Gasteiger partial charge in [0.2, 0.25) is 0 Å². The van der Waals surface area contributed by atoms with Crippen LogP contribution in [0.4, 0.5) is 0 Å². The molecule has 0 radical (unpaired) electrons. The minimum absolute atomic E-state index is 0.112. The molecule has 2 aliphatic heterocycles. The van der Waals surface area contributed by atoms with Gasteiger partial charge < -0.3 is 33.5 Å². The Balaban J connectivity index is 1.58. The van der Waals surface area contributed by atoms with Gasteiger partial charge in [-0.15, -0.1) is 0 Å². The molecule has 20 heavy (non-hydrogen) atoms. The van der Waals surface area contributed by atoms with Crippen LogP contribution < -0.4 is 0 Å². The number of ether oxygens (including phenoxy) is 6. The minimum atomic E-state index is -0.755. The summed E-state index contributed by atoms with van der Waals surface area (Å²) in [6.07, 6.45) is -1.66. The molecule has 118 valence electrons. The van der Waals surface area contributed by atoms with Gasteiger partial charge in [-0.05, 0) is 27.7 Å². The maximum absolute atomic E-state index is 9.79. The second-order valence-electron chi connectivity index (χ2n) is 5.84. The summed E-state index contributed by atoms with van der Waals surface area (Å²) in [6, 6.07) is 0. The first-order chi connectivity index (χ1) is 9.26. The van der Waals surface area contributed by atoms with E-state index >= 15 is 0 Å². The fourth-order valence-corrected chi connectivity index (χ4v) is 1.96. The van der Waals surface area contributed by atoms with Crippen LogP contribution in [0.3, 0.4) is 0 Å². The standard InChI is InChI=1S/C13H24O7/c1-12(2)17-7-10(19-12)15-5-9(14)6-16-11-8-18-13(3,4)20-11/h9-11,14H,5-8H2,1-4H3. The number of hydrogen-bond acceptors (Lipinski definition) is 7. The summed E-state index contributed by atoms with van der Waals surface area (Å²) in [5.41, 5.74) is 0. The van der Waals surface area contributed by atoms with Crippen LogP contribution in [0.5, 0.6) is 0 Å². The Morgan fingerprint density at radius 2 is 1.35 bits per heavy atom. The molecule has 2 rings (SSSR count). The normalized spacial score (nSPS) is 33.5. The molecule has 2 unspecified atom stereocenters. The number of rotatable bonds is 6. The van der Waals surface area contributed by atoms with Crippen molar-refractivity contribution in [3.05, 3.63) is 0 Å². The summed E-state index contributed by atoms with van der Waals surface area (Å²) >= 11 is 0. The molecule has 0 aromatic heterocycles. The van der Waals surface area contributed by atoms with Gasteiger partial charge in [-0.2, -0.15) is 0 Å². The van der Waals surface area contributed by atoms with Gasteiger partial charge in [0.15, 0.2) is 24.2 Å². The molecule has 2 atom stereocenters. The largest absolute Gasteiger partial charge is 0.388 e. The summed E-state index contributed by atoms with van der Waals surface area (Å²) in [5, 5.41) is 9.79. The van der Waals surface area contributed by atoms with Crippen molar-refractivity contribution in [2.75, 3.05) is 26.4 Å². The predicted octanol–water partition coefficient (Wildman–Crippen LogP) is 0.598. The lowest BCUT2D eigenvalue weighted by Gasteiger charge is -2.20. The van der Waals surface area contributed by atoms with Gasteiger partial charge in [0.25, 0.3) is 0 Å². The van der Waals surface area contributed by atoms with E-state index in [1.165, 1.54) is 0 Å². The highest BCUT2D eigenvalue weighted by Gasteiger charge is 2.35. The molecular formula is C13H24O7. The predicted molar refractivity (Wildman–Crippen MR) is 67.7 cm³/mol. The second kappa shape index (κ2) is 6.23. The Morgan fingerprint density at radius 3 is 1.65 bits per heavy atom. The SMILES string of the molecule is CC1(C)OCC(OCC(O)COC2COC(C)(C)O2)O1. The molecule has 2 saturated heterocycles. The van der Waals surface area contributed by atoms with Gasteiger partial charge in [-0.3, -0.25) is 0 Å². The lowest BCUT2D eigenvalue weighted by molar-refractivity contribution is -0.211. The van der Waals surface area contributed by atoms with Gasteiger partial charge in [-0.25, -0.2) is 0 Å². The van der Waals surface area contributed by atoms with Crippen molar-refractivity contribution in [3.63, 3.8) is 0 Å². The van der Waals surface area contributed by atoms with E-state index in [1.54, 1.807) is 0 Å². The van der Waals surface area contributed by atoms with E-state index in [4.69, 9.17) is 28.4 Å². The lowest BCUT2D eigenvalue weighted by Crippen LogP contribution is -2.30. The first-order valence-electron chi connectivity index (χ1n) is 6.81. The first-order valence-corrected chi connectivity index (χ1v) is 6.81. The molecule has 2 heterocycles. The summed E-state index contributed by atoms with van der Waals surface area (Å²) < 4.78 is 32.4. The highest BCUT2D eigenvalue weighted by atomic mass is 16.8. The molecule has 0 spiro atoms. The molecule has 0 aromatic carbocycles. The van der Waals surface area contributed by atoms with E-state index in [2.05, 4.69) is 0 Å². The van der Waals surface area contributed by atoms with E-state index in [0.717, 1.165) is 0 Å². The third-order valence-electron chi connectivity index (χ3n) is 2.91. The van der Waals surface area contributed by atoms with Crippen molar-refractivity contribution < 1.29 is 33.5 Å². The molecule has 0 aliphatic carbocycles. The smallest absolute Gasteiger partial charge is 0.184 e.